The lowest BCUT2D eigenvalue weighted by atomic mass is 10.2. The maximum Gasteiger partial charge on any atom is 0.156 e. The van der Waals surface area contributed by atoms with E-state index in [1.807, 2.05) is 6.92 Å². The molecule has 1 aromatic rings. The molecular weight excluding hydrogens is 294 g/mol. The van der Waals surface area contributed by atoms with Crippen molar-refractivity contribution >= 4 is 21.7 Å². The Kier molecular flexibility index (Phi) is 4.95. The average molecular weight is 314 g/mol. The van der Waals surface area contributed by atoms with Gasteiger partial charge in [-0.15, -0.1) is 0 Å². The molecule has 1 N–H and O–H groups in total. The van der Waals surface area contributed by atoms with Crippen molar-refractivity contribution in [3.8, 4) is 0 Å². The number of aromatic nitrogens is 2. The highest BCUT2D eigenvalue weighted by molar-refractivity contribution is 9.10. The van der Waals surface area contributed by atoms with Crippen LogP contribution in [0.1, 0.15) is 50.5 Å². The molecule has 18 heavy (non-hydrogen) atoms. The number of rotatable bonds is 7. The van der Waals surface area contributed by atoms with Gasteiger partial charge in [0.1, 0.15) is 12.4 Å². The zero-order valence-electron chi connectivity index (χ0n) is 11.0. The van der Waals surface area contributed by atoms with Crippen LogP contribution >= 0.6 is 15.9 Å². The van der Waals surface area contributed by atoms with E-state index in [0.29, 0.717) is 19.1 Å². The van der Waals surface area contributed by atoms with Crippen molar-refractivity contribution in [1.29, 1.82) is 0 Å². The number of nitrogens with zero attached hydrogens (tertiary/aromatic N) is 2. The van der Waals surface area contributed by atoms with Gasteiger partial charge in [-0.1, -0.05) is 6.92 Å². The van der Waals surface area contributed by atoms with Crippen LogP contribution in [0.2, 0.25) is 0 Å². The summed E-state index contributed by atoms with van der Waals surface area (Å²) >= 11 is 3.63. The SMILES string of the molecule is CCCNc1nc(COCC)nc(C2CC2)c1Br. The van der Waals surface area contributed by atoms with E-state index < -0.39 is 0 Å². The predicted molar refractivity (Wildman–Crippen MR) is 75.8 cm³/mol. The molecule has 100 valence electrons. The molecule has 0 radical (unpaired) electrons. The molecule has 0 spiro atoms. The second kappa shape index (κ2) is 6.48. The van der Waals surface area contributed by atoms with Crippen molar-refractivity contribution < 1.29 is 4.74 Å². The number of hydrogen-bond donors (Lipinski definition) is 1. The quantitative estimate of drug-likeness (QED) is 0.837. The van der Waals surface area contributed by atoms with E-state index in [1.165, 1.54) is 12.8 Å². The topological polar surface area (TPSA) is 47.0 Å². The zero-order valence-corrected chi connectivity index (χ0v) is 12.6. The van der Waals surface area contributed by atoms with Gasteiger partial charge in [0.2, 0.25) is 0 Å². The van der Waals surface area contributed by atoms with Gasteiger partial charge in [-0.05, 0) is 42.1 Å². The number of hydrogen-bond acceptors (Lipinski definition) is 4. The molecule has 0 atom stereocenters. The lowest BCUT2D eigenvalue weighted by Gasteiger charge is -2.12. The Labute approximate surface area is 117 Å². The van der Waals surface area contributed by atoms with E-state index in [9.17, 15) is 0 Å². The van der Waals surface area contributed by atoms with E-state index >= 15 is 0 Å². The minimum atomic E-state index is 0.490. The summed E-state index contributed by atoms with van der Waals surface area (Å²) in [7, 11) is 0. The normalized spacial score (nSPS) is 14.8. The summed E-state index contributed by atoms with van der Waals surface area (Å²) in [5.74, 6) is 2.29. The summed E-state index contributed by atoms with van der Waals surface area (Å²) in [6, 6.07) is 0. The fourth-order valence-electron chi connectivity index (χ4n) is 1.76. The molecule has 0 aliphatic heterocycles. The van der Waals surface area contributed by atoms with Crippen molar-refractivity contribution in [2.45, 2.75) is 45.6 Å². The first-order chi connectivity index (χ1) is 8.76. The molecular formula is C13H20BrN3O. The van der Waals surface area contributed by atoms with Crippen LogP contribution in [0.3, 0.4) is 0 Å². The first-order valence-electron chi connectivity index (χ1n) is 6.64. The summed E-state index contributed by atoms with van der Waals surface area (Å²) in [5.41, 5.74) is 1.14. The third kappa shape index (κ3) is 3.42. The van der Waals surface area contributed by atoms with Gasteiger partial charge < -0.3 is 10.1 Å². The second-order valence-corrected chi connectivity index (χ2v) is 5.32. The van der Waals surface area contributed by atoms with Crippen LogP contribution in [0, 0.1) is 0 Å². The minimum Gasteiger partial charge on any atom is -0.374 e. The van der Waals surface area contributed by atoms with Crippen molar-refractivity contribution in [2.75, 3.05) is 18.5 Å². The first-order valence-corrected chi connectivity index (χ1v) is 7.43. The molecule has 1 aliphatic carbocycles. The molecule has 0 amide bonds. The summed E-state index contributed by atoms with van der Waals surface area (Å²) in [4.78, 5) is 9.14. The molecule has 4 nitrogen and oxygen atoms in total. The van der Waals surface area contributed by atoms with Crippen molar-refractivity contribution in [3.63, 3.8) is 0 Å². The van der Waals surface area contributed by atoms with Gasteiger partial charge in [0, 0.05) is 19.1 Å². The maximum atomic E-state index is 5.41. The highest BCUT2D eigenvalue weighted by Gasteiger charge is 2.29. The third-order valence-electron chi connectivity index (χ3n) is 2.86. The zero-order chi connectivity index (χ0) is 13.0. The number of anilines is 1. The molecule has 2 rings (SSSR count). The molecule has 1 fully saturated rings. The fraction of sp³-hybridized carbons (Fsp3) is 0.692. The molecule has 0 aromatic carbocycles. The summed E-state index contributed by atoms with van der Waals surface area (Å²) < 4.78 is 6.43. The minimum absolute atomic E-state index is 0.490. The second-order valence-electron chi connectivity index (χ2n) is 4.53. The lowest BCUT2D eigenvalue weighted by molar-refractivity contribution is 0.128. The van der Waals surface area contributed by atoms with Crippen LogP contribution in [0.5, 0.6) is 0 Å². The van der Waals surface area contributed by atoms with E-state index in [2.05, 4.69) is 38.1 Å². The maximum absolute atomic E-state index is 5.41. The van der Waals surface area contributed by atoms with Gasteiger partial charge in [-0.25, -0.2) is 9.97 Å². The molecule has 1 heterocycles. The number of ether oxygens (including phenoxy) is 1. The third-order valence-corrected chi connectivity index (χ3v) is 3.65. The van der Waals surface area contributed by atoms with Gasteiger partial charge in [-0.3, -0.25) is 0 Å². The van der Waals surface area contributed by atoms with E-state index in [1.54, 1.807) is 0 Å². The molecule has 0 bridgehead atoms. The largest absolute Gasteiger partial charge is 0.374 e. The van der Waals surface area contributed by atoms with Crippen molar-refractivity contribution in [2.24, 2.45) is 0 Å². The van der Waals surface area contributed by atoms with Crippen LogP contribution < -0.4 is 5.32 Å². The van der Waals surface area contributed by atoms with Crippen LogP contribution in [0.4, 0.5) is 5.82 Å². The smallest absolute Gasteiger partial charge is 0.156 e. The van der Waals surface area contributed by atoms with E-state index in [0.717, 1.165) is 34.8 Å². The molecule has 1 aromatic heterocycles. The molecule has 1 saturated carbocycles. The Morgan fingerprint density at radius 3 is 2.72 bits per heavy atom. The standard InChI is InChI=1S/C13H20BrN3O/c1-3-7-15-13-11(14)12(9-5-6-9)16-10(17-13)8-18-4-2/h9H,3-8H2,1-2H3,(H,15,16,17). The predicted octanol–water partition coefficient (Wildman–Crippen LogP) is 3.47. The fourth-order valence-corrected chi connectivity index (χ4v) is 2.40. The first kappa shape index (κ1) is 13.7. The van der Waals surface area contributed by atoms with Crippen LogP contribution in [0.15, 0.2) is 4.47 Å². The molecule has 0 unspecified atom stereocenters. The van der Waals surface area contributed by atoms with Crippen LogP contribution in [-0.4, -0.2) is 23.1 Å². The van der Waals surface area contributed by atoms with Gasteiger partial charge in [0.15, 0.2) is 5.82 Å². The van der Waals surface area contributed by atoms with Crippen molar-refractivity contribution in [1.82, 2.24) is 9.97 Å². The Hall–Kier alpha value is -0.680. The Balaban J connectivity index is 2.22. The molecule has 1 aliphatic rings. The van der Waals surface area contributed by atoms with Crippen molar-refractivity contribution in [3.05, 3.63) is 16.0 Å². The number of halogens is 1. The van der Waals surface area contributed by atoms with Crippen LogP contribution in [0.25, 0.3) is 0 Å². The van der Waals surface area contributed by atoms with Crippen LogP contribution in [-0.2, 0) is 11.3 Å². The summed E-state index contributed by atoms with van der Waals surface area (Å²) in [5, 5.41) is 3.35. The van der Waals surface area contributed by atoms with E-state index in [-0.39, 0.29) is 0 Å². The Morgan fingerprint density at radius 2 is 2.11 bits per heavy atom. The highest BCUT2D eigenvalue weighted by Crippen LogP contribution is 2.43. The van der Waals surface area contributed by atoms with Gasteiger partial charge in [-0.2, -0.15) is 0 Å². The van der Waals surface area contributed by atoms with Gasteiger partial charge in [0.25, 0.3) is 0 Å². The summed E-state index contributed by atoms with van der Waals surface area (Å²) in [6.45, 7) is 6.23. The molecule has 0 saturated heterocycles. The monoisotopic (exact) mass is 313 g/mol. The highest BCUT2D eigenvalue weighted by atomic mass is 79.9. The average Bonchev–Trinajstić information content (AvgIpc) is 3.20. The lowest BCUT2D eigenvalue weighted by Crippen LogP contribution is -2.09. The summed E-state index contributed by atoms with van der Waals surface area (Å²) in [6.07, 6.45) is 3.55. The van der Waals surface area contributed by atoms with Gasteiger partial charge >= 0.3 is 0 Å². The molecule has 5 heteroatoms. The van der Waals surface area contributed by atoms with E-state index in [4.69, 9.17) is 4.74 Å². The Bertz CT molecular complexity index is 407. The Morgan fingerprint density at radius 1 is 1.33 bits per heavy atom. The number of nitrogens with one attached hydrogen (secondary N) is 1. The van der Waals surface area contributed by atoms with Gasteiger partial charge in [0.05, 0.1) is 10.2 Å².